The maximum absolute atomic E-state index is 11.9. The van der Waals surface area contributed by atoms with E-state index in [1.807, 2.05) is 0 Å². The summed E-state index contributed by atoms with van der Waals surface area (Å²) < 4.78 is 0. The van der Waals surface area contributed by atoms with E-state index < -0.39 is 6.10 Å². The van der Waals surface area contributed by atoms with Gasteiger partial charge in [-0.15, -0.1) is 12.4 Å². The molecule has 3 atom stereocenters. The fraction of sp³-hybridized carbons (Fsp3) is 0.562. The maximum Gasteiger partial charge on any atom is 0.223 e. The second-order valence-electron chi connectivity index (χ2n) is 5.61. The quantitative estimate of drug-likeness (QED) is 0.770. The summed E-state index contributed by atoms with van der Waals surface area (Å²) >= 11 is 0. The van der Waals surface area contributed by atoms with Crippen LogP contribution >= 0.6 is 12.4 Å². The van der Waals surface area contributed by atoms with Crippen molar-refractivity contribution in [1.82, 2.24) is 5.32 Å². The van der Waals surface area contributed by atoms with E-state index in [9.17, 15) is 9.90 Å². The van der Waals surface area contributed by atoms with Gasteiger partial charge in [-0.2, -0.15) is 0 Å². The molecule has 4 nitrogen and oxygen atoms in total. The number of nitrogens with one attached hydrogen (secondary N) is 1. The summed E-state index contributed by atoms with van der Waals surface area (Å²) in [5.41, 5.74) is 8.28. The summed E-state index contributed by atoms with van der Waals surface area (Å²) in [6.07, 6.45) is 2.40. The summed E-state index contributed by atoms with van der Waals surface area (Å²) in [7, 11) is 0. The Labute approximate surface area is 132 Å². The zero-order valence-corrected chi connectivity index (χ0v) is 13.2. The van der Waals surface area contributed by atoms with Gasteiger partial charge in [0.15, 0.2) is 0 Å². The summed E-state index contributed by atoms with van der Waals surface area (Å²) in [4.78, 5) is 11.9. The van der Waals surface area contributed by atoms with Gasteiger partial charge in [0.1, 0.15) is 0 Å². The smallest absolute Gasteiger partial charge is 0.223 e. The minimum absolute atomic E-state index is 0. The van der Waals surface area contributed by atoms with Gasteiger partial charge in [0.25, 0.3) is 0 Å². The molecule has 2 rings (SSSR count). The van der Waals surface area contributed by atoms with Crippen molar-refractivity contribution in [3.05, 3.63) is 35.4 Å². The third kappa shape index (κ3) is 4.99. The highest BCUT2D eigenvalue weighted by Crippen LogP contribution is 2.24. The van der Waals surface area contributed by atoms with Gasteiger partial charge in [0.05, 0.1) is 6.10 Å². The van der Waals surface area contributed by atoms with Crippen molar-refractivity contribution in [2.24, 2.45) is 11.7 Å². The minimum Gasteiger partial charge on any atom is -0.391 e. The number of hydrogen-bond donors (Lipinski definition) is 3. The van der Waals surface area contributed by atoms with E-state index in [4.69, 9.17) is 5.73 Å². The lowest BCUT2D eigenvalue weighted by Gasteiger charge is -2.10. The van der Waals surface area contributed by atoms with Crippen LogP contribution in [0.2, 0.25) is 0 Å². The SMILES string of the molecule is CCc1ccc(CCNC(=O)[C@H]2C[C@H](N)[C@@H](O)C2)cc1.Cl. The fourth-order valence-corrected chi connectivity index (χ4v) is 2.68. The molecular formula is C16H25ClN2O2. The summed E-state index contributed by atoms with van der Waals surface area (Å²) in [6.45, 7) is 2.77. The van der Waals surface area contributed by atoms with Crippen molar-refractivity contribution in [2.75, 3.05) is 6.54 Å². The molecule has 118 valence electrons. The molecule has 0 aliphatic heterocycles. The maximum atomic E-state index is 11.9. The van der Waals surface area contributed by atoms with Crippen molar-refractivity contribution in [2.45, 2.75) is 44.8 Å². The monoisotopic (exact) mass is 312 g/mol. The number of aryl methyl sites for hydroxylation is 1. The Hall–Kier alpha value is -1.10. The highest BCUT2D eigenvalue weighted by molar-refractivity contribution is 5.85. The third-order valence-corrected chi connectivity index (χ3v) is 4.09. The van der Waals surface area contributed by atoms with Crippen LogP contribution in [0.4, 0.5) is 0 Å². The van der Waals surface area contributed by atoms with E-state index in [-0.39, 0.29) is 30.3 Å². The third-order valence-electron chi connectivity index (χ3n) is 4.09. The number of carbonyl (C=O) groups is 1. The van der Waals surface area contributed by atoms with E-state index in [1.165, 1.54) is 11.1 Å². The number of amides is 1. The molecular weight excluding hydrogens is 288 g/mol. The van der Waals surface area contributed by atoms with Crippen LogP contribution in [0, 0.1) is 5.92 Å². The Balaban J connectivity index is 0.00000220. The van der Waals surface area contributed by atoms with Gasteiger partial charge in [0.2, 0.25) is 5.91 Å². The Kier molecular flexibility index (Phi) is 7.15. The standard InChI is InChI=1S/C16H24N2O2.ClH/c1-2-11-3-5-12(6-4-11)7-8-18-16(20)13-9-14(17)15(19)10-13;/h3-6,13-15,19H,2,7-10,17H2,1H3,(H,18,20);1H/t13-,14-,15-;/m0./s1. The van der Waals surface area contributed by atoms with Crippen molar-refractivity contribution < 1.29 is 9.90 Å². The molecule has 1 amide bonds. The van der Waals surface area contributed by atoms with Gasteiger partial charge in [-0.1, -0.05) is 31.2 Å². The van der Waals surface area contributed by atoms with Crippen LogP contribution in [0.15, 0.2) is 24.3 Å². The second-order valence-corrected chi connectivity index (χ2v) is 5.61. The van der Waals surface area contributed by atoms with Crippen LogP contribution in [0.5, 0.6) is 0 Å². The van der Waals surface area contributed by atoms with Gasteiger partial charge in [-0.3, -0.25) is 4.79 Å². The minimum atomic E-state index is -0.535. The molecule has 1 aliphatic carbocycles. The first-order valence-electron chi connectivity index (χ1n) is 7.39. The van der Waals surface area contributed by atoms with Crippen LogP contribution in [0.1, 0.15) is 30.9 Å². The molecule has 1 fully saturated rings. The van der Waals surface area contributed by atoms with Gasteiger partial charge >= 0.3 is 0 Å². The summed E-state index contributed by atoms with van der Waals surface area (Å²) in [5, 5.41) is 12.5. The molecule has 1 saturated carbocycles. The highest BCUT2D eigenvalue weighted by Gasteiger charge is 2.34. The first-order valence-corrected chi connectivity index (χ1v) is 7.39. The molecule has 0 heterocycles. The lowest BCUT2D eigenvalue weighted by Crippen LogP contribution is -2.32. The molecule has 1 aromatic rings. The van der Waals surface area contributed by atoms with Gasteiger partial charge in [0, 0.05) is 18.5 Å². The van der Waals surface area contributed by atoms with Crippen molar-refractivity contribution in [3.8, 4) is 0 Å². The molecule has 4 N–H and O–H groups in total. The van der Waals surface area contributed by atoms with Gasteiger partial charge in [-0.25, -0.2) is 0 Å². The number of aliphatic hydroxyl groups excluding tert-OH is 1. The zero-order chi connectivity index (χ0) is 14.5. The van der Waals surface area contributed by atoms with E-state index in [1.54, 1.807) is 0 Å². The van der Waals surface area contributed by atoms with Crippen LogP contribution in [-0.4, -0.2) is 29.7 Å². The van der Waals surface area contributed by atoms with Crippen LogP contribution in [0.25, 0.3) is 0 Å². The molecule has 0 spiro atoms. The van der Waals surface area contributed by atoms with Crippen LogP contribution in [0.3, 0.4) is 0 Å². The number of rotatable bonds is 5. The van der Waals surface area contributed by atoms with E-state index in [2.05, 4.69) is 36.5 Å². The molecule has 0 unspecified atom stereocenters. The predicted octanol–water partition coefficient (Wildman–Crippen LogP) is 1.43. The topological polar surface area (TPSA) is 75.4 Å². The van der Waals surface area contributed by atoms with E-state index in [0.717, 1.165) is 12.8 Å². The highest BCUT2D eigenvalue weighted by atomic mass is 35.5. The molecule has 0 bridgehead atoms. The molecule has 1 aliphatic rings. The van der Waals surface area contributed by atoms with Crippen LogP contribution in [-0.2, 0) is 17.6 Å². The average molecular weight is 313 g/mol. The predicted molar refractivity (Wildman–Crippen MR) is 86.5 cm³/mol. The Morgan fingerprint density at radius 1 is 1.29 bits per heavy atom. The molecule has 0 aromatic heterocycles. The van der Waals surface area contributed by atoms with E-state index in [0.29, 0.717) is 19.4 Å². The Morgan fingerprint density at radius 2 is 1.90 bits per heavy atom. The molecule has 0 radical (unpaired) electrons. The molecule has 5 heteroatoms. The Bertz CT molecular complexity index is 440. The normalized spacial score (nSPS) is 24.4. The number of halogens is 1. The zero-order valence-electron chi connectivity index (χ0n) is 12.4. The largest absolute Gasteiger partial charge is 0.391 e. The molecule has 1 aromatic carbocycles. The fourth-order valence-electron chi connectivity index (χ4n) is 2.68. The number of carbonyl (C=O) groups excluding carboxylic acids is 1. The first kappa shape index (κ1) is 18.0. The average Bonchev–Trinajstić information content (AvgIpc) is 2.79. The van der Waals surface area contributed by atoms with Crippen molar-refractivity contribution >= 4 is 18.3 Å². The molecule has 21 heavy (non-hydrogen) atoms. The van der Waals surface area contributed by atoms with Gasteiger partial charge in [-0.05, 0) is 36.8 Å². The van der Waals surface area contributed by atoms with Crippen molar-refractivity contribution in [3.63, 3.8) is 0 Å². The Morgan fingerprint density at radius 3 is 2.43 bits per heavy atom. The lowest BCUT2D eigenvalue weighted by molar-refractivity contribution is -0.125. The summed E-state index contributed by atoms with van der Waals surface area (Å²) in [6, 6.07) is 8.22. The van der Waals surface area contributed by atoms with Gasteiger partial charge < -0.3 is 16.2 Å². The number of hydrogen-bond acceptors (Lipinski definition) is 3. The number of aliphatic hydroxyl groups is 1. The summed E-state index contributed by atoms with van der Waals surface area (Å²) in [5.74, 6) is -0.121. The second kappa shape index (κ2) is 8.37. The number of nitrogens with two attached hydrogens (primary N) is 1. The van der Waals surface area contributed by atoms with Crippen LogP contribution < -0.4 is 11.1 Å². The lowest BCUT2D eigenvalue weighted by atomic mass is 10.1. The molecule has 0 saturated heterocycles. The first-order chi connectivity index (χ1) is 9.60. The number of benzene rings is 1. The van der Waals surface area contributed by atoms with E-state index >= 15 is 0 Å². The van der Waals surface area contributed by atoms with Crippen molar-refractivity contribution in [1.29, 1.82) is 0 Å².